The van der Waals surface area contributed by atoms with Gasteiger partial charge in [-0.25, -0.2) is 9.97 Å². The number of nitrogens with zero attached hydrogens (tertiary/aromatic N) is 6. The third-order valence-corrected chi connectivity index (χ3v) is 15.0. The third-order valence-electron chi connectivity index (χ3n) is 10.8. The van der Waals surface area contributed by atoms with Gasteiger partial charge in [0.05, 0.1) is 12.7 Å². The first-order valence-electron chi connectivity index (χ1n) is 18.3. The molecule has 0 spiro atoms. The smallest absolute Gasteiger partial charge is 0.286 e. The van der Waals surface area contributed by atoms with E-state index in [4.69, 9.17) is 18.9 Å². The SMILES string of the molecule is Cc1c(Nc2nccc3cc(CN4CC[C@@H](O)C4)cnc23)cccc1-c1cccc(-c2nc3/c(=N\O[Si](C)(C)C(C)(C)C)n(CCO)ccc3o2)c1C. The summed E-state index contributed by atoms with van der Waals surface area (Å²) in [7, 11) is -2.21. The van der Waals surface area contributed by atoms with Crippen molar-refractivity contribution >= 4 is 41.8 Å². The Morgan fingerprint density at radius 2 is 1.75 bits per heavy atom. The highest BCUT2D eigenvalue weighted by Gasteiger charge is 2.40. The predicted molar refractivity (Wildman–Crippen MR) is 212 cm³/mol. The molecule has 0 aliphatic carbocycles. The van der Waals surface area contributed by atoms with Crippen molar-refractivity contribution in [1.29, 1.82) is 0 Å². The zero-order valence-corrected chi connectivity index (χ0v) is 32.6. The molecule has 5 heterocycles. The number of aromatic nitrogens is 4. The number of hydrogen-bond acceptors (Lipinski definition) is 10. The number of nitrogens with one attached hydrogen (secondary N) is 1. The Balaban J connectivity index is 1.21. The van der Waals surface area contributed by atoms with Gasteiger partial charge in [0.15, 0.2) is 16.9 Å². The van der Waals surface area contributed by atoms with Crippen molar-refractivity contribution in [3.05, 3.63) is 95.4 Å². The molecular weight excluding hydrogens is 683 g/mol. The van der Waals surface area contributed by atoms with Crippen molar-refractivity contribution in [3.63, 3.8) is 0 Å². The molecule has 0 amide bonds. The van der Waals surface area contributed by atoms with Gasteiger partial charge in [-0.3, -0.25) is 9.88 Å². The van der Waals surface area contributed by atoms with Crippen molar-refractivity contribution in [1.82, 2.24) is 24.4 Å². The maximum atomic E-state index is 9.94. The molecule has 3 N–H and O–H groups in total. The highest BCUT2D eigenvalue weighted by Crippen LogP contribution is 2.38. The van der Waals surface area contributed by atoms with Crippen LogP contribution in [0.25, 0.3) is 44.6 Å². The molecule has 53 heavy (non-hydrogen) atoms. The maximum Gasteiger partial charge on any atom is 0.286 e. The number of pyridine rings is 3. The van der Waals surface area contributed by atoms with E-state index < -0.39 is 8.32 Å². The second-order valence-corrected chi connectivity index (χ2v) is 20.3. The van der Waals surface area contributed by atoms with Crippen LogP contribution < -0.4 is 10.8 Å². The summed E-state index contributed by atoms with van der Waals surface area (Å²) >= 11 is 0. The molecule has 11 nitrogen and oxygen atoms in total. The number of likely N-dealkylation sites (tertiary alicyclic amines) is 1. The van der Waals surface area contributed by atoms with Crippen LogP contribution in [0.5, 0.6) is 0 Å². The fourth-order valence-corrected chi connectivity index (χ4v) is 7.20. The number of rotatable bonds is 10. The molecule has 1 aliphatic rings. The molecule has 1 aliphatic heterocycles. The number of fused-ring (bicyclic) bond motifs is 2. The lowest BCUT2D eigenvalue weighted by molar-refractivity contribution is 0.175. The first-order chi connectivity index (χ1) is 25.3. The zero-order chi connectivity index (χ0) is 37.5. The van der Waals surface area contributed by atoms with E-state index >= 15 is 0 Å². The van der Waals surface area contributed by atoms with E-state index in [1.807, 2.05) is 53.5 Å². The van der Waals surface area contributed by atoms with Gasteiger partial charge >= 0.3 is 0 Å². The highest BCUT2D eigenvalue weighted by atomic mass is 28.4. The number of β-amino-alcohol motifs (C(OH)–C–C–N with tert-alkyl or cyclic N) is 1. The van der Waals surface area contributed by atoms with Gasteiger partial charge in [0.25, 0.3) is 8.32 Å². The van der Waals surface area contributed by atoms with Gasteiger partial charge in [-0.15, -0.1) is 0 Å². The molecule has 12 heteroatoms. The molecule has 0 saturated carbocycles. The fraction of sp³-hybridized carbons (Fsp3) is 0.366. The van der Waals surface area contributed by atoms with Crippen LogP contribution in [0.1, 0.15) is 43.9 Å². The monoisotopic (exact) mass is 731 g/mol. The van der Waals surface area contributed by atoms with E-state index in [0.717, 1.165) is 69.5 Å². The number of benzene rings is 2. The van der Waals surface area contributed by atoms with Crippen molar-refractivity contribution in [2.75, 3.05) is 25.0 Å². The molecule has 6 aromatic rings. The third kappa shape index (κ3) is 7.36. The van der Waals surface area contributed by atoms with Crippen LogP contribution in [0.4, 0.5) is 11.5 Å². The summed E-state index contributed by atoms with van der Waals surface area (Å²) in [6.07, 6.45) is 6.14. The van der Waals surface area contributed by atoms with Gasteiger partial charge in [-0.05, 0) is 96.5 Å². The molecule has 0 radical (unpaired) electrons. The van der Waals surface area contributed by atoms with E-state index in [1.54, 1.807) is 0 Å². The fourth-order valence-electron chi connectivity index (χ4n) is 6.61. The van der Waals surface area contributed by atoms with Gasteiger partial charge in [0.2, 0.25) is 11.4 Å². The average molecular weight is 732 g/mol. The van der Waals surface area contributed by atoms with Crippen LogP contribution in [-0.2, 0) is 17.6 Å². The summed E-state index contributed by atoms with van der Waals surface area (Å²) < 4.78 is 14.5. The lowest BCUT2D eigenvalue weighted by Gasteiger charge is -2.33. The number of aliphatic hydroxyl groups excluding tert-OH is 2. The second kappa shape index (κ2) is 14.5. The van der Waals surface area contributed by atoms with Gasteiger partial charge in [0, 0.05) is 61.4 Å². The Hall–Kier alpha value is -4.88. The van der Waals surface area contributed by atoms with Crippen LogP contribution >= 0.6 is 0 Å². The minimum Gasteiger partial charge on any atom is -0.453 e. The molecule has 1 saturated heterocycles. The first-order valence-corrected chi connectivity index (χ1v) is 21.2. The van der Waals surface area contributed by atoms with Crippen LogP contribution in [0.2, 0.25) is 18.1 Å². The van der Waals surface area contributed by atoms with E-state index in [-0.39, 0.29) is 17.7 Å². The largest absolute Gasteiger partial charge is 0.453 e. The molecule has 2 aromatic carbocycles. The summed E-state index contributed by atoms with van der Waals surface area (Å²) in [6.45, 7) is 17.7. The van der Waals surface area contributed by atoms with Crippen LogP contribution in [0.15, 0.2) is 82.8 Å². The summed E-state index contributed by atoms with van der Waals surface area (Å²) in [5.74, 6) is 1.18. The van der Waals surface area contributed by atoms with Gasteiger partial charge in [0.1, 0.15) is 5.52 Å². The van der Waals surface area contributed by atoms with E-state index in [2.05, 4.69) is 92.3 Å². The van der Waals surface area contributed by atoms with Gasteiger partial charge in [-0.1, -0.05) is 50.2 Å². The van der Waals surface area contributed by atoms with Crippen molar-refractivity contribution in [2.45, 2.75) is 78.4 Å². The standard InChI is InChI=1S/C41H49N7O4Si/c1-26-31(10-8-12-33(26)40-45-37-35(51-40)16-19-48(20-21-49)39(37)46-52-53(6,7)41(3,4)5)32-11-9-13-34(27(32)2)44-38-36-29(14-17-42-38)22-28(23-43-36)24-47-18-15-30(50)25-47/h8-14,16-17,19,22-23,30,49-50H,15,18,20-21,24-25H2,1-7H3,(H,42,44)/b46-39+/t30-/m1/s1. The van der Waals surface area contributed by atoms with Gasteiger partial charge < -0.3 is 29.0 Å². The minimum absolute atomic E-state index is 0.0323. The molecule has 1 atom stereocenters. The first kappa shape index (κ1) is 36.5. The molecule has 1 fully saturated rings. The zero-order valence-electron chi connectivity index (χ0n) is 31.6. The summed E-state index contributed by atoms with van der Waals surface area (Å²) in [4.78, 5) is 16.7. The summed E-state index contributed by atoms with van der Waals surface area (Å²) in [5, 5.41) is 29.0. The Morgan fingerprint density at radius 3 is 2.49 bits per heavy atom. The van der Waals surface area contributed by atoms with Crippen molar-refractivity contribution in [3.8, 4) is 22.6 Å². The Morgan fingerprint density at radius 1 is 1.00 bits per heavy atom. The number of oxazole rings is 1. The second-order valence-electron chi connectivity index (χ2n) is 15.6. The molecular formula is C41H49N7O4Si. The van der Waals surface area contributed by atoms with E-state index in [9.17, 15) is 10.2 Å². The Labute approximate surface area is 311 Å². The Kier molecular flexibility index (Phi) is 9.98. The Bertz CT molecular complexity index is 2360. The topological polar surface area (TPSA) is 134 Å². The van der Waals surface area contributed by atoms with Crippen LogP contribution in [-0.4, -0.2) is 68.7 Å². The van der Waals surface area contributed by atoms with E-state index in [1.165, 1.54) is 0 Å². The highest BCUT2D eigenvalue weighted by molar-refractivity contribution is 6.74. The summed E-state index contributed by atoms with van der Waals surface area (Å²) in [5.41, 5.74) is 9.68. The van der Waals surface area contributed by atoms with Crippen molar-refractivity contribution < 1.29 is 19.2 Å². The number of hydrogen-bond donors (Lipinski definition) is 3. The van der Waals surface area contributed by atoms with Crippen LogP contribution in [0, 0.1) is 13.8 Å². The molecule has 0 bridgehead atoms. The number of aliphatic hydroxyl groups is 2. The molecule has 7 rings (SSSR count). The quantitative estimate of drug-likeness (QED) is 0.0959. The average Bonchev–Trinajstić information content (AvgIpc) is 3.74. The van der Waals surface area contributed by atoms with Crippen LogP contribution in [0.3, 0.4) is 0 Å². The molecule has 276 valence electrons. The lowest BCUT2D eigenvalue weighted by atomic mass is 9.93. The molecule has 4 aromatic heterocycles. The minimum atomic E-state index is -2.21. The van der Waals surface area contributed by atoms with Gasteiger partial charge in [-0.2, -0.15) is 0 Å². The lowest BCUT2D eigenvalue weighted by Crippen LogP contribution is -2.40. The number of anilines is 2. The van der Waals surface area contributed by atoms with Crippen molar-refractivity contribution in [2.24, 2.45) is 5.16 Å². The van der Waals surface area contributed by atoms with E-state index in [0.29, 0.717) is 41.4 Å². The maximum absolute atomic E-state index is 9.94. The molecule has 0 unspecified atom stereocenters. The normalized spacial score (nSPS) is 15.9. The predicted octanol–water partition coefficient (Wildman–Crippen LogP) is 7.66. The summed E-state index contributed by atoms with van der Waals surface area (Å²) in [6, 6.07) is 18.4.